The number of ether oxygens (including phenoxy) is 2. The van der Waals surface area contributed by atoms with Crippen molar-refractivity contribution in [3.8, 4) is 17.2 Å². The molecule has 0 radical (unpaired) electrons. The molecule has 0 aliphatic carbocycles. The number of phenols is 2. The van der Waals surface area contributed by atoms with Gasteiger partial charge in [-0.25, -0.2) is 0 Å². The predicted octanol–water partition coefficient (Wildman–Crippen LogP) is 1.09. The summed E-state index contributed by atoms with van der Waals surface area (Å²) in [5.41, 5.74) is 1.50. The Bertz CT molecular complexity index is 789. The van der Waals surface area contributed by atoms with Crippen molar-refractivity contribution >= 4 is 12.2 Å². The van der Waals surface area contributed by atoms with Crippen LogP contribution in [0.1, 0.15) is 11.1 Å². The van der Waals surface area contributed by atoms with Crippen LogP contribution < -0.4 is 4.74 Å². The molecule has 4 atom stereocenters. The molecule has 0 bridgehead atoms. The molecule has 1 aliphatic heterocycles. The average Bonchev–Trinajstić information content (AvgIpc) is 2.63. The predicted molar refractivity (Wildman–Crippen MR) is 93.5 cm³/mol. The Morgan fingerprint density at radius 1 is 0.923 bits per heavy atom. The zero-order chi connectivity index (χ0) is 18.7. The molecule has 2 aromatic rings. The molecular formula is C19H20O7. The number of rotatable bonds is 4. The SMILES string of the molecule is Oc1cccc(/C=C/c2ccc(O)c(O[C@@H]3OC[C@@H](O)[C@H](O)[C@H]3O)c2)c1. The number of aliphatic hydroxyl groups excluding tert-OH is 3. The van der Waals surface area contributed by atoms with E-state index in [2.05, 4.69) is 0 Å². The van der Waals surface area contributed by atoms with Gasteiger partial charge in [-0.15, -0.1) is 0 Å². The Morgan fingerprint density at radius 3 is 2.38 bits per heavy atom. The summed E-state index contributed by atoms with van der Waals surface area (Å²) in [4.78, 5) is 0. The number of hydrogen-bond donors (Lipinski definition) is 5. The van der Waals surface area contributed by atoms with Gasteiger partial charge in [-0.2, -0.15) is 0 Å². The smallest absolute Gasteiger partial charge is 0.229 e. The third-order valence-corrected chi connectivity index (χ3v) is 4.02. The van der Waals surface area contributed by atoms with Crippen molar-refractivity contribution in [3.05, 3.63) is 53.6 Å². The van der Waals surface area contributed by atoms with Gasteiger partial charge in [0.05, 0.1) is 6.61 Å². The van der Waals surface area contributed by atoms with Crippen LogP contribution >= 0.6 is 0 Å². The number of aliphatic hydroxyl groups is 3. The second-order valence-electron chi connectivity index (χ2n) is 6.02. The first kappa shape index (κ1) is 18.2. The maximum Gasteiger partial charge on any atom is 0.229 e. The van der Waals surface area contributed by atoms with Gasteiger partial charge in [0.1, 0.15) is 24.1 Å². The van der Waals surface area contributed by atoms with Crippen molar-refractivity contribution in [1.82, 2.24) is 0 Å². The highest BCUT2D eigenvalue weighted by molar-refractivity contribution is 5.71. The average molecular weight is 360 g/mol. The molecule has 7 nitrogen and oxygen atoms in total. The lowest BCUT2D eigenvalue weighted by molar-refractivity contribution is -0.242. The second kappa shape index (κ2) is 7.76. The minimum Gasteiger partial charge on any atom is -0.508 e. The van der Waals surface area contributed by atoms with Crippen LogP contribution in [0.15, 0.2) is 42.5 Å². The minimum absolute atomic E-state index is 0.0655. The van der Waals surface area contributed by atoms with E-state index in [0.29, 0.717) is 5.56 Å². The zero-order valence-corrected chi connectivity index (χ0v) is 13.8. The lowest BCUT2D eigenvalue weighted by Gasteiger charge is -2.35. The molecule has 1 fully saturated rings. The summed E-state index contributed by atoms with van der Waals surface area (Å²) >= 11 is 0. The Labute approximate surface area is 150 Å². The third kappa shape index (κ3) is 4.14. The highest BCUT2D eigenvalue weighted by Crippen LogP contribution is 2.30. The van der Waals surface area contributed by atoms with E-state index in [-0.39, 0.29) is 23.9 Å². The number of benzene rings is 2. The van der Waals surface area contributed by atoms with E-state index >= 15 is 0 Å². The van der Waals surface area contributed by atoms with Crippen molar-refractivity contribution in [3.63, 3.8) is 0 Å². The summed E-state index contributed by atoms with van der Waals surface area (Å²) < 4.78 is 10.6. The van der Waals surface area contributed by atoms with Crippen LogP contribution in [0.2, 0.25) is 0 Å². The Hall–Kier alpha value is -2.58. The van der Waals surface area contributed by atoms with Crippen molar-refractivity contribution in [2.75, 3.05) is 6.61 Å². The maximum atomic E-state index is 9.96. The van der Waals surface area contributed by atoms with E-state index < -0.39 is 24.6 Å². The standard InChI is InChI=1S/C19H20O7/c20-13-3-1-2-11(8-13)4-5-12-6-7-14(21)16(9-12)26-19-18(24)17(23)15(22)10-25-19/h1-9,15,17-24H,10H2/b5-4+/t15-,17+,18-,19+/m1/s1. The molecule has 1 heterocycles. The van der Waals surface area contributed by atoms with E-state index in [4.69, 9.17) is 9.47 Å². The van der Waals surface area contributed by atoms with Gasteiger partial charge >= 0.3 is 0 Å². The fourth-order valence-corrected chi connectivity index (χ4v) is 2.56. The van der Waals surface area contributed by atoms with E-state index in [0.717, 1.165) is 5.56 Å². The zero-order valence-electron chi connectivity index (χ0n) is 13.8. The molecular weight excluding hydrogens is 340 g/mol. The molecule has 0 amide bonds. The first-order valence-corrected chi connectivity index (χ1v) is 8.06. The minimum atomic E-state index is -1.45. The molecule has 1 aliphatic rings. The third-order valence-electron chi connectivity index (χ3n) is 4.02. The first-order valence-electron chi connectivity index (χ1n) is 8.06. The van der Waals surface area contributed by atoms with Gasteiger partial charge in [-0.05, 0) is 35.4 Å². The van der Waals surface area contributed by atoms with Gasteiger partial charge in [-0.3, -0.25) is 0 Å². The molecule has 138 valence electrons. The second-order valence-corrected chi connectivity index (χ2v) is 6.02. The molecule has 0 spiro atoms. The summed E-state index contributed by atoms with van der Waals surface area (Å²) in [5.74, 6) is 0.0673. The summed E-state index contributed by atoms with van der Waals surface area (Å²) in [7, 11) is 0. The summed E-state index contributed by atoms with van der Waals surface area (Å²) in [6.07, 6.45) is -1.73. The lowest BCUT2D eigenvalue weighted by atomic mass is 10.1. The van der Waals surface area contributed by atoms with Crippen LogP contribution in [-0.4, -0.2) is 56.7 Å². The highest BCUT2D eigenvalue weighted by atomic mass is 16.7. The number of aromatic hydroxyl groups is 2. The van der Waals surface area contributed by atoms with Gasteiger partial charge < -0.3 is 35.0 Å². The van der Waals surface area contributed by atoms with Crippen LogP contribution in [0.4, 0.5) is 0 Å². The maximum absolute atomic E-state index is 9.96. The van der Waals surface area contributed by atoms with Crippen LogP contribution in [0.25, 0.3) is 12.2 Å². The topological polar surface area (TPSA) is 120 Å². The molecule has 7 heteroatoms. The van der Waals surface area contributed by atoms with Crippen LogP contribution in [0, 0.1) is 0 Å². The normalized spacial score (nSPS) is 26.1. The first-order chi connectivity index (χ1) is 12.4. The van der Waals surface area contributed by atoms with Gasteiger partial charge in [0.25, 0.3) is 0 Å². The van der Waals surface area contributed by atoms with E-state index in [1.165, 1.54) is 6.07 Å². The summed E-state index contributed by atoms with van der Waals surface area (Å²) in [5, 5.41) is 48.5. The molecule has 0 saturated carbocycles. The van der Waals surface area contributed by atoms with Crippen molar-refractivity contribution < 1.29 is 35.0 Å². The van der Waals surface area contributed by atoms with Crippen LogP contribution in [0.5, 0.6) is 17.2 Å². The quantitative estimate of drug-likeness (QED) is 0.518. The summed E-state index contributed by atoms with van der Waals surface area (Å²) in [6, 6.07) is 11.4. The fourth-order valence-electron chi connectivity index (χ4n) is 2.56. The lowest BCUT2D eigenvalue weighted by Crippen LogP contribution is -2.54. The molecule has 2 aromatic carbocycles. The summed E-state index contributed by atoms with van der Waals surface area (Å²) in [6.45, 7) is -0.194. The molecule has 3 rings (SSSR count). The van der Waals surface area contributed by atoms with Gasteiger partial charge in [0, 0.05) is 0 Å². The largest absolute Gasteiger partial charge is 0.508 e. The van der Waals surface area contributed by atoms with Gasteiger partial charge in [-0.1, -0.05) is 30.4 Å². The van der Waals surface area contributed by atoms with E-state index in [1.807, 2.05) is 6.07 Å². The number of hydrogen-bond acceptors (Lipinski definition) is 7. The van der Waals surface area contributed by atoms with Gasteiger partial charge in [0.2, 0.25) is 6.29 Å². The van der Waals surface area contributed by atoms with E-state index in [9.17, 15) is 25.5 Å². The van der Waals surface area contributed by atoms with Crippen LogP contribution in [-0.2, 0) is 4.74 Å². The monoisotopic (exact) mass is 360 g/mol. The highest BCUT2D eigenvalue weighted by Gasteiger charge is 2.39. The van der Waals surface area contributed by atoms with Crippen molar-refractivity contribution in [2.24, 2.45) is 0 Å². The Balaban J connectivity index is 1.75. The Morgan fingerprint density at radius 2 is 1.65 bits per heavy atom. The molecule has 26 heavy (non-hydrogen) atoms. The van der Waals surface area contributed by atoms with Gasteiger partial charge in [0.15, 0.2) is 11.5 Å². The number of phenolic OH excluding ortho intramolecular Hbond substituents is 2. The molecule has 0 unspecified atom stereocenters. The molecule has 1 saturated heterocycles. The van der Waals surface area contributed by atoms with Crippen LogP contribution in [0.3, 0.4) is 0 Å². The molecule has 0 aromatic heterocycles. The van der Waals surface area contributed by atoms with Crippen molar-refractivity contribution in [1.29, 1.82) is 0 Å². The van der Waals surface area contributed by atoms with Crippen molar-refractivity contribution in [2.45, 2.75) is 24.6 Å². The fraction of sp³-hybridized carbons (Fsp3) is 0.263. The molecule has 5 N–H and O–H groups in total. The Kier molecular flexibility index (Phi) is 5.43. The van der Waals surface area contributed by atoms with E-state index in [1.54, 1.807) is 42.5 Å².